The number of sulfone groups is 1. The summed E-state index contributed by atoms with van der Waals surface area (Å²) in [4.78, 5) is 2.21. The summed E-state index contributed by atoms with van der Waals surface area (Å²) in [6.07, 6.45) is 2.59. The molecule has 8 heteroatoms. The predicted molar refractivity (Wildman–Crippen MR) is 92.6 cm³/mol. The van der Waals surface area contributed by atoms with E-state index in [-0.39, 0.29) is 17.5 Å². The molecule has 0 saturated carbocycles. The van der Waals surface area contributed by atoms with E-state index in [0.29, 0.717) is 23.8 Å². The van der Waals surface area contributed by atoms with Gasteiger partial charge >= 0.3 is 0 Å². The van der Waals surface area contributed by atoms with E-state index in [1.807, 2.05) is 28.8 Å². The maximum Gasteiger partial charge on any atom is 0.203 e. The van der Waals surface area contributed by atoms with Gasteiger partial charge in [0, 0.05) is 18.8 Å². The Kier molecular flexibility index (Phi) is 4.57. The van der Waals surface area contributed by atoms with Gasteiger partial charge in [0.25, 0.3) is 0 Å². The molecule has 0 N–H and O–H groups in total. The van der Waals surface area contributed by atoms with Crippen LogP contribution in [0.3, 0.4) is 0 Å². The van der Waals surface area contributed by atoms with Crippen LogP contribution in [0.15, 0.2) is 24.4 Å². The molecule has 0 bridgehead atoms. The van der Waals surface area contributed by atoms with Gasteiger partial charge in [0.15, 0.2) is 15.5 Å². The van der Waals surface area contributed by atoms with Crippen molar-refractivity contribution in [1.29, 1.82) is 0 Å². The number of fused-ring (bicyclic) bond motifs is 1. The second kappa shape index (κ2) is 6.33. The summed E-state index contributed by atoms with van der Waals surface area (Å²) in [5.41, 5.74) is 0.807. The van der Waals surface area contributed by atoms with E-state index in [1.54, 1.807) is 4.68 Å². The van der Waals surface area contributed by atoms with Crippen LogP contribution in [0.1, 0.15) is 20.3 Å². The molecule has 1 aliphatic heterocycles. The lowest BCUT2D eigenvalue weighted by Gasteiger charge is -2.29. The number of hydrogen-bond acceptors (Lipinski definition) is 5. The van der Waals surface area contributed by atoms with Gasteiger partial charge in [0.1, 0.15) is 0 Å². The van der Waals surface area contributed by atoms with Crippen molar-refractivity contribution in [2.75, 3.05) is 18.1 Å². The van der Waals surface area contributed by atoms with E-state index in [9.17, 15) is 8.42 Å². The lowest BCUT2D eigenvalue weighted by molar-refractivity contribution is 0.137. The fraction of sp³-hybridized carbons (Fsp3) is 0.600. The Morgan fingerprint density at radius 3 is 2.83 bits per heavy atom. The normalized spacial score (nSPS) is 20.8. The molecule has 23 heavy (non-hydrogen) atoms. The summed E-state index contributed by atoms with van der Waals surface area (Å²) in [5, 5.41) is 4.55. The maximum atomic E-state index is 11.8. The first-order chi connectivity index (χ1) is 10.9. The molecule has 1 fully saturated rings. The highest BCUT2D eigenvalue weighted by atomic mass is 32.2. The number of pyridine rings is 1. The largest absolute Gasteiger partial charge is 0.280 e. The molecule has 0 aliphatic carbocycles. The van der Waals surface area contributed by atoms with Crippen molar-refractivity contribution >= 4 is 27.7 Å². The van der Waals surface area contributed by atoms with E-state index in [4.69, 9.17) is 12.2 Å². The van der Waals surface area contributed by atoms with Crippen molar-refractivity contribution in [1.82, 2.24) is 19.1 Å². The van der Waals surface area contributed by atoms with Crippen LogP contribution in [-0.4, -0.2) is 51.6 Å². The molecule has 3 rings (SSSR count). The van der Waals surface area contributed by atoms with E-state index < -0.39 is 9.84 Å². The zero-order valence-corrected chi connectivity index (χ0v) is 15.1. The second-order valence-electron chi connectivity index (χ2n) is 6.57. The zero-order chi connectivity index (χ0) is 16.6. The van der Waals surface area contributed by atoms with Gasteiger partial charge in [-0.25, -0.2) is 13.1 Å². The van der Waals surface area contributed by atoms with E-state index in [2.05, 4.69) is 23.8 Å². The fourth-order valence-corrected chi connectivity index (χ4v) is 5.10. The molecule has 1 atom stereocenters. The monoisotopic (exact) mass is 354 g/mol. The Hall–Kier alpha value is -1.25. The molecule has 0 aromatic carbocycles. The van der Waals surface area contributed by atoms with Gasteiger partial charge < -0.3 is 0 Å². The third-order valence-electron chi connectivity index (χ3n) is 4.13. The van der Waals surface area contributed by atoms with Crippen LogP contribution < -0.4 is 0 Å². The van der Waals surface area contributed by atoms with Gasteiger partial charge in [-0.3, -0.25) is 9.30 Å². The Labute approximate surface area is 141 Å². The van der Waals surface area contributed by atoms with Crippen LogP contribution in [-0.2, 0) is 16.5 Å². The number of rotatable bonds is 5. The SMILES string of the molecule is CC(C)CN(Cn1nc2ccccn2c1=S)C1CCS(=O)(=O)C1. The average molecular weight is 355 g/mol. The Morgan fingerprint density at radius 2 is 2.22 bits per heavy atom. The number of hydrogen-bond donors (Lipinski definition) is 0. The zero-order valence-electron chi connectivity index (χ0n) is 13.4. The molecular formula is C15H22N4O2S2. The smallest absolute Gasteiger partial charge is 0.203 e. The van der Waals surface area contributed by atoms with Crippen LogP contribution in [0.4, 0.5) is 0 Å². The van der Waals surface area contributed by atoms with Crippen molar-refractivity contribution in [3.63, 3.8) is 0 Å². The lowest BCUT2D eigenvalue weighted by Crippen LogP contribution is -2.40. The van der Waals surface area contributed by atoms with Gasteiger partial charge in [-0.2, -0.15) is 5.10 Å². The highest BCUT2D eigenvalue weighted by Gasteiger charge is 2.32. The molecule has 1 saturated heterocycles. The highest BCUT2D eigenvalue weighted by Crippen LogP contribution is 2.20. The summed E-state index contributed by atoms with van der Waals surface area (Å²) in [6.45, 7) is 5.63. The van der Waals surface area contributed by atoms with Crippen molar-refractivity contribution in [2.45, 2.75) is 33.0 Å². The van der Waals surface area contributed by atoms with Crippen LogP contribution in [0.5, 0.6) is 0 Å². The Morgan fingerprint density at radius 1 is 1.43 bits per heavy atom. The van der Waals surface area contributed by atoms with E-state index >= 15 is 0 Å². The molecule has 0 radical (unpaired) electrons. The molecule has 2 aromatic heterocycles. The summed E-state index contributed by atoms with van der Waals surface area (Å²) in [5.74, 6) is 0.966. The third-order valence-corrected chi connectivity index (χ3v) is 6.29. The number of nitrogens with zero attached hydrogens (tertiary/aromatic N) is 4. The standard InChI is InChI=1S/C15H22N4O2S2/c1-12(2)9-17(13-6-8-23(20,21)10-13)11-19-15(22)18-7-4-3-5-14(18)16-19/h3-5,7,12-13H,6,8-11H2,1-2H3. The third kappa shape index (κ3) is 3.64. The van der Waals surface area contributed by atoms with Crippen LogP contribution >= 0.6 is 12.2 Å². The van der Waals surface area contributed by atoms with Gasteiger partial charge in [0.2, 0.25) is 4.77 Å². The summed E-state index contributed by atoms with van der Waals surface area (Å²) in [6, 6.07) is 5.81. The maximum absolute atomic E-state index is 11.8. The Balaban J connectivity index is 1.88. The first kappa shape index (κ1) is 16.6. The van der Waals surface area contributed by atoms with Crippen LogP contribution in [0.2, 0.25) is 0 Å². The van der Waals surface area contributed by atoms with Gasteiger partial charge in [-0.05, 0) is 36.7 Å². The van der Waals surface area contributed by atoms with E-state index in [0.717, 1.165) is 12.2 Å². The predicted octanol–water partition coefficient (Wildman–Crippen LogP) is 1.97. The van der Waals surface area contributed by atoms with Crippen LogP contribution in [0.25, 0.3) is 5.65 Å². The molecule has 0 amide bonds. The van der Waals surface area contributed by atoms with Crippen LogP contribution in [0, 0.1) is 10.7 Å². The molecule has 126 valence electrons. The molecule has 6 nitrogen and oxygen atoms in total. The van der Waals surface area contributed by atoms with Crippen molar-refractivity contribution in [3.05, 3.63) is 29.2 Å². The second-order valence-corrected chi connectivity index (χ2v) is 9.17. The molecule has 1 aliphatic rings. The molecule has 2 aromatic rings. The summed E-state index contributed by atoms with van der Waals surface area (Å²) in [7, 11) is -2.91. The van der Waals surface area contributed by atoms with Crippen molar-refractivity contribution in [2.24, 2.45) is 5.92 Å². The molecule has 3 heterocycles. The minimum Gasteiger partial charge on any atom is -0.280 e. The summed E-state index contributed by atoms with van der Waals surface area (Å²) < 4.78 is 27.9. The van der Waals surface area contributed by atoms with E-state index in [1.165, 1.54) is 0 Å². The van der Waals surface area contributed by atoms with Crippen molar-refractivity contribution < 1.29 is 8.42 Å². The number of aromatic nitrogens is 3. The first-order valence-corrected chi connectivity index (χ1v) is 10.1. The fourth-order valence-electron chi connectivity index (χ4n) is 3.09. The van der Waals surface area contributed by atoms with Gasteiger partial charge in [-0.15, -0.1) is 0 Å². The van der Waals surface area contributed by atoms with Crippen molar-refractivity contribution in [3.8, 4) is 0 Å². The minimum atomic E-state index is -2.91. The Bertz CT molecular complexity index is 854. The minimum absolute atomic E-state index is 0.0501. The molecule has 1 unspecified atom stereocenters. The average Bonchev–Trinajstić information content (AvgIpc) is 2.99. The molecular weight excluding hydrogens is 332 g/mol. The van der Waals surface area contributed by atoms with Gasteiger partial charge in [0.05, 0.1) is 18.2 Å². The lowest BCUT2D eigenvalue weighted by atomic mass is 10.1. The topological polar surface area (TPSA) is 59.6 Å². The summed E-state index contributed by atoms with van der Waals surface area (Å²) >= 11 is 5.50. The molecule has 0 spiro atoms. The highest BCUT2D eigenvalue weighted by molar-refractivity contribution is 7.91. The van der Waals surface area contributed by atoms with Gasteiger partial charge in [-0.1, -0.05) is 19.9 Å². The first-order valence-electron chi connectivity index (χ1n) is 7.84. The quantitative estimate of drug-likeness (QED) is 0.768.